The van der Waals surface area contributed by atoms with E-state index in [1.807, 2.05) is 13.8 Å². The highest BCUT2D eigenvalue weighted by molar-refractivity contribution is 5.69. The van der Waals surface area contributed by atoms with Crippen LogP contribution in [0.2, 0.25) is 0 Å². The number of piperidine rings is 1. The SMILES string of the molecule is CC(C)CC(=O)OCC1CCCNC1. The van der Waals surface area contributed by atoms with E-state index in [0.29, 0.717) is 24.9 Å². The number of nitrogens with one attached hydrogen (secondary N) is 1. The maximum absolute atomic E-state index is 11.3. The monoisotopic (exact) mass is 199 g/mol. The van der Waals surface area contributed by atoms with Crippen molar-refractivity contribution in [3.8, 4) is 0 Å². The van der Waals surface area contributed by atoms with E-state index >= 15 is 0 Å². The van der Waals surface area contributed by atoms with Crippen molar-refractivity contribution < 1.29 is 9.53 Å². The highest BCUT2D eigenvalue weighted by Crippen LogP contribution is 2.11. The minimum absolute atomic E-state index is 0.0504. The van der Waals surface area contributed by atoms with Gasteiger partial charge in [-0.1, -0.05) is 13.8 Å². The fraction of sp³-hybridized carbons (Fsp3) is 0.909. The summed E-state index contributed by atoms with van der Waals surface area (Å²) < 4.78 is 5.21. The van der Waals surface area contributed by atoms with Gasteiger partial charge in [-0.2, -0.15) is 0 Å². The van der Waals surface area contributed by atoms with Gasteiger partial charge >= 0.3 is 5.97 Å². The van der Waals surface area contributed by atoms with E-state index in [9.17, 15) is 4.79 Å². The van der Waals surface area contributed by atoms with Crippen LogP contribution < -0.4 is 5.32 Å². The van der Waals surface area contributed by atoms with Gasteiger partial charge < -0.3 is 10.1 Å². The molecule has 1 heterocycles. The van der Waals surface area contributed by atoms with Crippen molar-refractivity contribution in [2.75, 3.05) is 19.7 Å². The van der Waals surface area contributed by atoms with Crippen molar-refractivity contribution in [2.45, 2.75) is 33.1 Å². The van der Waals surface area contributed by atoms with Gasteiger partial charge in [-0.15, -0.1) is 0 Å². The fourth-order valence-corrected chi connectivity index (χ4v) is 1.67. The molecule has 0 bridgehead atoms. The molecule has 0 aliphatic carbocycles. The molecule has 3 heteroatoms. The quantitative estimate of drug-likeness (QED) is 0.698. The molecule has 1 atom stereocenters. The van der Waals surface area contributed by atoms with Gasteiger partial charge in [-0.25, -0.2) is 0 Å². The molecule has 0 aromatic heterocycles. The molecule has 0 aromatic rings. The third kappa shape index (κ3) is 4.61. The standard InChI is InChI=1S/C11H21NO2/c1-9(2)6-11(13)14-8-10-4-3-5-12-7-10/h9-10,12H,3-8H2,1-2H3. The Morgan fingerprint density at radius 1 is 1.57 bits per heavy atom. The molecule has 1 saturated heterocycles. The minimum Gasteiger partial charge on any atom is -0.465 e. The Kier molecular flexibility index (Phi) is 4.94. The van der Waals surface area contributed by atoms with Crippen molar-refractivity contribution in [1.82, 2.24) is 5.32 Å². The van der Waals surface area contributed by atoms with E-state index in [1.165, 1.54) is 12.8 Å². The van der Waals surface area contributed by atoms with E-state index in [4.69, 9.17) is 4.74 Å². The lowest BCUT2D eigenvalue weighted by molar-refractivity contribution is -0.146. The summed E-state index contributed by atoms with van der Waals surface area (Å²) in [4.78, 5) is 11.3. The summed E-state index contributed by atoms with van der Waals surface area (Å²) in [5, 5.41) is 3.31. The zero-order valence-electron chi connectivity index (χ0n) is 9.21. The van der Waals surface area contributed by atoms with Gasteiger partial charge in [0.1, 0.15) is 0 Å². The highest BCUT2D eigenvalue weighted by Gasteiger charge is 2.15. The number of hydrogen-bond acceptors (Lipinski definition) is 3. The second-order valence-electron chi connectivity index (χ2n) is 4.49. The normalized spacial score (nSPS) is 22.4. The molecule has 0 saturated carbocycles. The first-order chi connectivity index (χ1) is 6.68. The molecule has 3 nitrogen and oxygen atoms in total. The number of ether oxygens (including phenoxy) is 1. The summed E-state index contributed by atoms with van der Waals surface area (Å²) in [7, 11) is 0. The topological polar surface area (TPSA) is 38.3 Å². The first kappa shape index (κ1) is 11.5. The van der Waals surface area contributed by atoms with Crippen LogP contribution in [0.4, 0.5) is 0 Å². The predicted molar refractivity (Wildman–Crippen MR) is 56.0 cm³/mol. The smallest absolute Gasteiger partial charge is 0.306 e. The Hall–Kier alpha value is -0.570. The summed E-state index contributed by atoms with van der Waals surface area (Å²) in [5.74, 6) is 0.873. The summed E-state index contributed by atoms with van der Waals surface area (Å²) in [6.07, 6.45) is 2.93. The molecular weight excluding hydrogens is 178 g/mol. The van der Waals surface area contributed by atoms with Crippen LogP contribution in [0, 0.1) is 11.8 Å². The first-order valence-corrected chi connectivity index (χ1v) is 5.55. The maximum Gasteiger partial charge on any atom is 0.306 e. The Morgan fingerprint density at radius 2 is 2.36 bits per heavy atom. The second-order valence-corrected chi connectivity index (χ2v) is 4.49. The Labute approximate surface area is 86.2 Å². The van der Waals surface area contributed by atoms with Gasteiger partial charge in [0.15, 0.2) is 0 Å². The van der Waals surface area contributed by atoms with E-state index < -0.39 is 0 Å². The number of esters is 1. The van der Waals surface area contributed by atoms with Gasteiger partial charge in [-0.05, 0) is 25.3 Å². The zero-order chi connectivity index (χ0) is 10.4. The molecule has 1 aliphatic heterocycles. The summed E-state index contributed by atoms with van der Waals surface area (Å²) in [5.41, 5.74) is 0. The first-order valence-electron chi connectivity index (χ1n) is 5.55. The van der Waals surface area contributed by atoms with E-state index in [1.54, 1.807) is 0 Å². The molecule has 1 N–H and O–H groups in total. The Bertz CT molecular complexity index is 174. The molecule has 0 amide bonds. The Morgan fingerprint density at radius 3 is 2.93 bits per heavy atom. The number of hydrogen-bond donors (Lipinski definition) is 1. The van der Waals surface area contributed by atoms with Crippen LogP contribution in [0.3, 0.4) is 0 Å². The second kappa shape index (κ2) is 6.02. The van der Waals surface area contributed by atoms with Crippen LogP contribution >= 0.6 is 0 Å². The molecule has 1 rings (SSSR count). The van der Waals surface area contributed by atoms with Gasteiger partial charge in [0.25, 0.3) is 0 Å². The van der Waals surface area contributed by atoms with Crippen molar-refractivity contribution in [1.29, 1.82) is 0 Å². The van der Waals surface area contributed by atoms with Gasteiger partial charge in [-0.3, -0.25) is 4.79 Å². The van der Waals surface area contributed by atoms with Crippen LogP contribution in [0.25, 0.3) is 0 Å². The lowest BCUT2D eigenvalue weighted by Gasteiger charge is -2.22. The highest BCUT2D eigenvalue weighted by atomic mass is 16.5. The molecule has 1 fully saturated rings. The molecule has 0 aromatic carbocycles. The average molecular weight is 199 g/mol. The minimum atomic E-state index is -0.0504. The maximum atomic E-state index is 11.3. The molecule has 1 aliphatic rings. The van der Waals surface area contributed by atoms with Crippen LogP contribution in [-0.2, 0) is 9.53 Å². The van der Waals surface area contributed by atoms with Crippen molar-refractivity contribution >= 4 is 5.97 Å². The fourth-order valence-electron chi connectivity index (χ4n) is 1.67. The predicted octanol–water partition coefficient (Wildman–Crippen LogP) is 1.58. The van der Waals surface area contributed by atoms with E-state index in [0.717, 1.165) is 13.1 Å². The molecule has 1 unspecified atom stereocenters. The number of carbonyl (C=O) groups is 1. The molecular formula is C11H21NO2. The summed E-state index contributed by atoms with van der Waals surface area (Å²) in [6, 6.07) is 0. The van der Waals surface area contributed by atoms with Crippen LogP contribution in [0.5, 0.6) is 0 Å². The van der Waals surface area contributed by atoms with Gasteiger partial charge in [0, 0.05) is 18.9 Å². The average Bonchev–Trinajstić information content (AvgIpc) is 2.15. The molecule has 82 valence electrons. The lowest BCUT2D eigenvalue weighted by atomic mass is 10.0. The van der Waals surface area contributed by atoms with Crippen molar-refractivity contribution in [2.24, 2.45) is 11.8 Å². The third-order valence-electron chi connectivity index (χ3n) is 2.45. The summed E-state index contributed by atoms with van der Waals surface area (Å²) in [6.45, 7) is 6.76. The summed E-state index contributed by atoms with van der Waals surface area (Å²) >= 11 is 0. The third-order valence-corrected chi connectivity index (χ3v) is 2.45. The van der Waals surface area contributed by atoms with Gasteiger partial charge in [0.05, 0.1) is 6.61 Å². The van der Waals surface area contributed by atoms with Crippen LogP contribution in [0.1, 0.15) is 33.1 Å². The van der Waals surface area contributed by atoms with Crippen molar-refractivity contribution in [3.63, 3.8) is 0 Å². The van der Waals surface area contributed by atoms with Crippen LogP contribution in [-0.4, -0.2) is 25.7 Å². The Balaban J connectivity index is 2.09. The largest absolute Gasteiger partial charge is 0.465 e. The van der Waals surface area contributed by atoms with E-state index in [2.05, 4.69) is 5.32 Å². The van der Waals surface area contributed by atoms with E-state index in [-0.39, 0.29) is 5.97 Å². The molecule has 0 radical (unpaired) electrons. The molecule has 14 heavy (non-hydrogen) atoms. The molecule has 0 spiro atoms. The van der Waals surface area contributed by atoms with Gasteiger partial charge in [0.2, 0.25) is 0 Å². The lowest BCUT2D eigenvalue weighted by Crippen LogP contribution is -2.32. The number of carbonyl (C=O) groups excluding carboxylic acids is 1. The zero-order valence-corrected chi connectivity index (χ0v) is 9.21. The number of rotatable bonds is 4. The van der Waals surface area contributed by atoms with Crippen LogP contribution in [0.15, 0.2) is 0 Å². The van der Waals surface area contributed by atoms with Crippen molar-refractivity contribution in [3.05, 3.63) is 0 Å².